The monoisotopic (exact) mass is 410 g/mol. The first kappa shape index (κ1) is 23.6. The Hall–Kier alpha value is -2.44. The molecule has 0 fully saturated rings. The normalized spacial score (nSPS) is 14.7. The Kier molecular flexibility index (Phi) is 8.59. The van der Waals surface area contributed by atoms with Gasteiger partial charge in [0.2, 0.25) is 11.2 Å². The zero-order chi connectivity index (χ0) is 21.4. The number of benzene rings is 1. The van der Waals surface area contributed by atoms with Gasteiger partial charge in [-0.2, -0.15) is 0 Å². The predicted molar refractivity (Wildman–Crippen MR) is 107 cm³/mol. The van der Waals surface area contributed by atoms with Crippen molar-refractivity contribution in [2.24, 2.45) is 0 Å². The highest BCUT2D eigenvalue weighted by atomic mass is 28.4. The molecule has 28 heavy (non-hydrogen) atoms. The summed E-state index contributed by atoms with van der Waals surface area (Å²) in [6, 6.07) is 7.77. The van der Waals surface area contributed by atoms with Crippen LogP contribution in [0.1, 0.15) is 26.3 Å². The molecule has 0 aliphatic heterocycles. The van der Waals surface area contributed by atoms with E-state index >= 15 is 0 Å². The first-order valence-electron chi connectivity index (χ1n) is 8.96. The Morgan fingerprint density at radius 2 is 1.96 bits per heavy atom. The number of hydrogen-bond acceptors (Lipinski definition) is 5. The molecule has 0 bridgehead atoms. The Balaban J connectivity index is 2.93. The van der Waals surface area contributed by atoms with Crippen molar-refractivity contribution in [3.8, 4) is 0 Å². The van der Waals surface area contributed by atoms with E-state index in [4.69, 9.17) is 14.6 Å². The standard InChI is InChI=1S/C19H28FN3O4Si/c1-19(2,3)28(4,5)27-16(11-20)17(15(24)12-22-21)23-18(25)26-13-14-9-7-6-8-10-14/h6-10,12,16-17H,11,13H2,1-5H3,(H-,23,24,25)/p+1/b15-12-/t16-,17-/m1/s1. The van der Waals surface area contributed by atoms with Crippen LogP contribution in [0.5, 0.6) is 0 Å². The number of amides is 1. The molecular weight excluding hydrogens is 381 g/mol. The summed E-state index contributed by atoms with van der Waals surface area (Å²) in [7, 11) is -2.41. The van der Waals surface area contributed by atoms with Crippen molar-refractivity contribution in [2.45, 2.75) is 57.7 Å². The summed E-state index contributed by atoms with van der Waals surface area (Å²) < 4.78 is 24.9. The van der Waals surface area contributed by atoms with Crippen LogP contribution in [0.25, 0.3) is 4.98 Å². The summed E-state index contributed by atoms with van der Waals surface area (Å²) in [4.78, 5) is 14.9. The minimum atomic E-state index is -2.41. The van der Waals surface area contributed by atoms with Gasteiger partial charge in [0, 0.05) is 0 Å². The lowest BCUT2D eigenvalue weighted by Crippen LogP contribution is -2.53. The van der Waals surface area contributed by atoms with Gasteiger partial charge in [-0.3, -0.25) is 0 Å². The first-order valence-corrected chi connectivity index (χ1v) is 11.9. The zero-order valence-electron chi connectivity index (χ0n) is 17.0. The number of nitrogens with zero attached hydrogens (tertiary/aromatic N) is 2. The van der Waals surface area contributed by atoms with Crippen molar-refractivity contribution in [1.82, 2.24) is 5.32 Å². The second kappa shape index (κ2) is 10.2. The van der Waals surface area contributed by atoms with Gasteiger partial charge in [0.1, 0.15) is 25.4 Å². The molecule has 1 rings (SSSR count). The maximum Gasteiger partial charge on any atom is 0.408 e. The van der Waals surface area contributed by atoms with Crippen molar-refractivity contribution >= 4 is 14.4 Å². The van der Waals surface area contributed by atoms with Crippen LogP contribution < -0.4 is 5.32 Å². The quantitative estimate of drug-likeness (QED) is 0.361. The van der Waals surface area contributed by atoms with Gasteiger partial charge in [0.25, 0.3) is 0 Å². The third kappa shape index (κ3) is 6.94. The predicted octanol–water partition coefficient (Wildman–Crippen LogP) is 4.89. The van der Waals surface area contributed by atoms with Crippen molar-refractivity contribution in [3.05, 3.63) is 52.8 Å². The number of rotatable bonds is 8. The summed E-state index contributed by atoms with van der Waals surface area (Å²) in [5, 5.41) is 21.1. The van der Waals surface area contributed by atoms with E-state index in [0.29, 0.717) is 0 Å². The molecule has 7 nitrogen and oxygen atoms in total. The average Bonchev–Trinajstić information content (AvgIpc) is 2.62. The molecule has 0 spiro atoms. The molecule has 1 aromatic rings. The number of nitrogens with one attached hydrogen (secondary N) is 1. The van der Waals surface area contributed by atoms with Crippen molar-refractivity contribution in [2.75, 3.05) is 6.67 Å². The zero-order valence-corrected chi connectivity index (χ0v) is 18.0. The lowest BCUT2D eigenvalue weighted by atomic mass is 10.1. The lowest BCUT2D eigenvalue weighted by Gasteiger charge is -2.40. The molecule has 1 amide bonds. The summed E-state index contributed by atoms with van der Waals surface area (Å²) in [6.45, 7) is 8.88. The van der Waals surface area contributed by atoms with Gasteiger partial charge in [-0.05, 0) is 23.7 Å². The summed E-state index contributed by atoms with van der Waals surface area (Å²) in [5.74, 6) is -0.541. The molecule has 0 heterocycles. The minimum Gasteiger partial charge on any atom is -0.504 e. The maximum atomic E-state index is 13.8. The number of aliphatic hydroxyl groups is 1. The topological polar surface area (TPSA) is 95.9 Å². The number of carbonyl (C=O) groups excluding carboxylic acids is 1. The number of halogens is 1. The van der Waals surface area contributed by atoms with E-state index in [2.05, 4.69) is 10.3 Å². The minimum absolute atomic E-state index is 0.0115. The van der Waals surface area contributed by atoms with Crippen molar-refractivity contribution in [1.29, 1.82) is 5.39 Å². The van der Waals surface area contributed by atoms with Crippen LogP contribution in [0.2, 0.25) is 18.1 Å². The van der Waals surface area contributed by atoms with Crippen LogP contribution in [0.3, 0.4) is 0 Å². The second-order valence-electron chi connectivity index (χ2n) is 7.92. The number of aliphatic hydroxyl groups excluding tert-OH is 1. The van der Waals surface area contributed by atoms with Gasteiger partial charge in [0.05, 0.1) is 0 Å². The van der Waals surface area contributed by atoms with Gasteiger partial charge < -0.3 is 19.6 Å². The number of diazo groups is 1. The fourth-order valence-corrected chi connectivity index (χ4v) is 3.44. The molecule has 2 atom stereocenters. The van der Waals surface area contributed by atoms with Gasteiger partial charge in [-0.25, -0.2) is 9.18 Å². The average molecular weight is 411 g/mol. The van der Waals surface area contributed by atoms with E-state index in [0.717, 1.165) is 11.8 Å². The molecule has 1 aromatic carbocycles. The highest BCUT2D eigenvalue weighted by Gasteiger charge is 2.42. The highest BCUT2D eigenvalue weighted by molar-refractivity contribution is 6.74. The molecule has 0 aliphatic carbocycles. The molecule has 0 unspecified atom stereocenters. The number of hydrogen-bond donors (Lipinski definition) is 2. The van der Waals surface area contributed by atoms with Crippen LogP contribution in [-0.4, -0.2) is 38.3 Å². The fraction of sp³-hybridized carbons (Fsp3) is 0.526. The van der Waals surface area contributed by atoms with E-state index in [1.807, 2.05) is 52.1 Å². The van der Waals surface area contributed by atoms with Crippen LogP contribution in [0.4, 0.5) is 9.18 Å². The Labute approximate surface area is 166 Å². The SMILES string of the molecule is CC(C)(C)[Si](C)(C)O[C@H](CF)[C@H](NC(=O)OCc1ccccc1)/C(O)=C/[N+]#N. The number of alkyl halides is 1. The molecule has 0 radical (unpaired) electrons. The number of alkyl carbamates (subject to hydrolysis) is 1. The number of ether oxygens (including phenoxy) is 1. The molecule has 0 aliphatic rings. The van der Waals surface area contributed by atoms with E-state index < -0.39 is 39.0 Å². The molecule has 0 saturated carbocycles. The van der Waals surface area contributed by atoms with Gasteiger partial charge in [-0.1, -0.05) is 51.1 Å². The molecular formula is C19H29FN3O4Si+. The Bertz CT molecular complexity index is 714. The Morgan fingerprint density at radius 1 is 1.36 bits per heavy atom. The van der Waals surface area contributed by atoms with Gasteiger partial charge in [-0.15, -0.1) is 0 Å². The smallest absolute Gasteiger partial charge is 0.408 e. The van der Waals surface area contributed by atoms with Gasteiger partial charge in [0.15, 0.2) is 13.3 Å². The summed E-state index contributed by atoms with van der Waals surface area (Å²) >= 11 is 0. The second-order valence-corrected chi connectivity index (χ2v) is 12.7. The van der Waals surface area contributed by atoms with Crippen LogP contribution in [-0.2, 0) is 15.8 Å². The Morgan fingerprint density at radius 3 is 2.46 bits per heavy atom. The summed E-state index contributed by atoms with van der Waals surface area (Å²) in [5.41, 5.74) is 0.777. The molecule has 9 heteroatoms. The van der Waals surface area contributed by atoms with Crippen LogP contribution in [0.15, 0.2) is 42.3 Å². The van der Waals surface area contributed by atoms with Crippen LogP contribution in [0, 0.1) is 5.39 Å². The number of carbonyl (C=O) groups is 1. The molecule has 0 saturated heterocycles. The molecule has 0 aromatic heterocycles. The van der Waals surface area contributed by atoms with E-state index in [1.165, 1.54) is 0 Å². The maximum absolute atomic E-state index is 13.8. The molecule has 154 valence electrons. The first-order chi connectivity index (χ1) is 13.0. The summed E-state index contributed by atoms with van der Waals surface area (Å²) in [6.07, 6.45) is -1.30. The third-order valence-electron chi connectivity index (χ3n) is 4.77. The largest absolute Gasteiger partial charge is 0.504 e. The van der Waals surface area contributed by atoms with Crippen molar-refractivity contribution in [3.63, 3.8) is 0 Å². The van der Waals surface area contributed by atoms with Crippen LogP contribution >= 0.6 is 0 Å². The highest BCUT2D eigenvalue weighted by Crippen LogP contribution is 2.38. The lowest BCUT2D eigenvalue weighted by molar-refractivity contribution is 0.0877. The fourth-order valence-electron chi connectivity index (χ4n) is 2.13. The van der Waals surface area contributed by atoms with E-state index in [1.54, 1.807) is 12.1 Å². The van der Waals surface area contributed by atoms with Gasteiger partial charge >= 0.3 is 12.3 Å². The van der Waals surface area contributed by atoms with E-state index in [9.17, 15) is 14.3 Å². The third-order valence-corrected chi connectivity index (χ3v) is 9.28. The molecule has 2 N–H and O–H groups in total. The van der Waals surface area contributed by atoms with Crippen molar-refractivity contribution < 1.29 is 23.5 Å². The van der Waals surface area contributed by atoms with E-state index in [-0.39, 0.29) is 11.6 Å².